The second kappa shape index (κ2) is 9.66. The third-order valence-corrected chi connectivity index (χ3v) is 6.82. The van der Waals surface area contributed by atoms with E-state index >= 15 is 0 Å². The van der Waals surface area contributed by atoms with Crippen molar-refractivity contribution < 1.29 is 17.8 Å². The summed E-state index contributed by atoms with van der Waals surface area (Å²) in [5.41, 5.74) is 1.37. The lowest BCUT2D eigenvalue weighted by Crippen LogP contribution is -2.49. The van der Waals surface area contributed by atoms with Gasteiger partial charge in [0, 0.05) is 42.0 Å². The molecule has 1 amide bonds. The number of hydrogen-bond acceptors (Lipinski definition) is 4. The smallest absolute Gasteiger partial charge is 0.289 e. The Labute approximate surface area is 187 Å². The second-order valence-corrected chi connectivity index (χ2v) is 9.18. The van der Waals surface area contributed by atoms with Gasteiger partial charge in [-0.2, -0.15) is 0 Å². The summed E-state index contributed by atoms with van der Waals surface area (Å²) >= 11 is 6.13. The molecule has 3 aromatic rings. The second-order valence-electron chi connectivity index (χ2n) is 7.32. The molecule has 0 saturated carbocycles. The quantitative estimate of drug-likeness (QED) is 0.544. The van der Waals surface area contributed by atoms with Crippen LogP contribution in [0.5, 0.6) is 0 Å². The minimum absolute atomic E-state index is 0.208. The number of carbonyl (C=O) groups is 1. The number of halogens is 2. The number of para-hydroxylation sites is 1. The van der Waals surface area contributed by atoms with E-state index in [4.69, 9.17) is 16.0 Å². The molecule has 1 fully saturated rings. The molecule has 0 bridgehead atoms. The first-order chi connectivity index (χ1) is 15.0. The Kier molecular flexibility index (Phi) is 6.73. The molecule has 1 aliphatic heterocycles. The fourth-order valence-electron chi connectivity index (χ4n) is 3.58. The third-order valence-electron chi connectivity index (χ3n) is 5.21. The summed E-state index contributed by atoms with van der Waals surface area (Å²) in [4.78, 5) is 16.4. The SMILES string of the molecule is O=C(c1ccc(C[S@@](=O)Cc2ccccc2Cl)o1)N1CCN(c2ccccc2F)CC1. The topological polar surface area (TPSA) is 53.8 Å². The van der Waals surface area contributed by atoms with Gasteiger partial charge in [-0.3, -0.25) is 9.00 Å². The van der Waals surface area contributed by atoms with Crippen LogP contribution in [0, 0.1) is 5.82 Å². The summed E-state index contributed by atoms with van der Waals surface area (Å²) in [5, 5.41) is 0.584. The third kappa shape index (κ3) is 5.17. The minimum Gasteiger partial charge on any atom is -0.455 e. The molecule has 0 spiro atoms. The van der Waals surface area contributed by atoms with Crippen LogP contribution in [0.1, 0.15) is 21.9 Å². The zero-order valence-corrected chi connectivity index (χ0v) is 18.4. The molecule has 0 unspecified atom stereocenters. The molecule has 1 aliphatic rings. The van der Waals surface area contributed by atoms with Crippen LogP contribution in [-0.4, -0.2) is 41.2 Å². The first kappa shape index (κ1) is 21.6. The summed E-state index contributed by atoms with van der Waals surface area (Å²) in [6.45, 7) is 2.04. The van der Waals surface area contributed by atoms with E-state index in [0.717, 1.165) is 5.56 Å². The fraction of sp³-hybridized carbons (Fsp3) is 0.261. The van der Waals surface area contributed by atoms with Crippen LogP contribution in [0.2, 0.25) is 5.02 Å². The van der Waals surface area contributed by atoms with E-state index in [1.807, 2.05) is 23.1 Å². The van der Waals surface area contributed by atoms with Crippen molar-refractivity contribution in [2.24, 2.45) is 0 Å². The lowest BCUT2D eigenvalue weighted by atomic mass is 10.2. The molecule has 0 aliphatic carbocycles. The number of carbonyl (C=O) groups excluding carboxylic acids is 1. The van der Waals surface area contributed by atoms with Gasteiger partial charge in [0.1, 0.15) is 11.6 Å². The van der Waals surface area contributed by atoms with E-state index in [1.54, 1.807) is 41.3 Å². The molecule has 0 N–H and O–H groups in total. The van der Waals surface area contributed by atoms with Crippen molar-refractivity contribution in [3.8, 4) is 0 Å². The fourth-order valence-corrected chi connectivity index (χ4v) is 5.04. The van der Waals surface area contributed by atoms with Crippen LogP contribution in [0.3, 0.4) is 0 Å². The Morgan fingerprint density at radius 3 is 2.42 bits per heavy atom. The van der Waals surface area contributed by atoms with Gasteiger partial charge >= 0.3 is 0 Å². The van der Waals surface area contributed by atoms with Gasteiger partial charge < -0.3 is 14.2 Å². The molecule has 0 radical (unpaired) electrons. The number of nitrogens with zero attached hydrogens (tertiary/aromatic N) is 2. The lowest BCUT2D eigenvalue weighted by molar-refractivity contribution is 0.0713. The van der Waals surface area contributed by atoms with E-state index in [9.17, 15) is 13.4 Å². The van der Waals surface area contributed by atoms with Crippen molar-refractivity contribution in [1.29, 1.82) is 0 Å². The molecule has 31 heavy (non-hydrogen) atoms. The molecule has 1 saturated heterocycles. The standard InChI is InChI=1S/C23H22ClFN2O3S/c24-19-6-2-1-5-17(19)15-31(29)16-18-9-10-22(30-18)23(28)27-13-11-26(12-14-27)21-8-4-3-7-20(21)25/h1-10H,11-16H2/t31-/m0/s1. The molecular formula is C23H22ClFN2O3S. The van der Waals surface area contributed by atoms with Gasteiger partial charge in [-0.15, -0.1) is 0 Å². The van der Waals surface area contributed by atoms with Gasteiger partial charge in [0.2, 0.25) is 0 Å². The molecule has 2 aromatic carbocycles. The predicted octanol–water partition coefficient (Wildman–Crippen LogP) is 4.48. The summed E-state index contributed by atoms with van der Waals surface area (Å²) in [6.07, 6.45) is 0. The van der Waals surface area contributed by atoms with Crippen LogP contribution < -0.4 is 4.90 Å². The molecule has 8 heteroatoms. The number of furan rings is 1. The number of benzene rings is 2. The zero-order valence-electron chi connectivity index (χ0n) is 16.8. The van der Waals surface area contributed by atoms with Crippen LogP contribution in [0.4, 0.5) is 10.1 Å². The number of piperazine rings is 1. The largest absolute Gasteiger partial charge is 0.455 e. The van der Waals surface area contributed by atoms with E-state index in [-0.39, 0.29) is 23.2 Å². The van der Waals surface area contributed by atoms with E-state index in [2.05, 4.69) is 0 Å². The average molecular weight is 461 g/mol. The van der Waals surface area contributed by atoms with Crippen molar-refractivity contribution in [3.63, 3.8) is 0 Å². The zero-order chi connectivity index (χ0) is 21.8. The van der Waals surface area contributed by atoms with Crippen LogP contribution in [0.15, 0.2) is 65.1 Å². The van der Waals surface area contributed by atoms with Crippen molar-refractivity contribution >= 4 is 34.0 Å². The van der Waals surface area contributed by atoms with Crippen molar-refractivity contribution in [3.05, 3.63) is 88.6 Å². The van der Waals surface area contributed by atoms with Crippen molar-refractivity contribution in [2.45, 2.75) is 11.5 Å². The van der Waals surface area contributed by atoms with Crippen molar-refractivity contribution in [1.82, 2.24) is 4.90 Å². The van der Waals surface area contributed by atoms with Gasteiger partial charge in [-0.05, 0) is 35.9 Å². The van der Waals surface area contributed by atoms with Gasteiger partial charge in [0.15, 0.2) is 5.76 Å². The van der Waals surface area contributed by atoms with E-state index in [0.29, 0.717) is 48.4 Å². The average Bonchev–Trinajstić information content (AvgIpc) is 3.24. The Hall–Kier alpha value is -2.64. The maximum absolute atomic E-state index is 14.0. The Bertz CT molecular complexity index is 1100. The van der Waals surface area contributed by atoms with E-state index < -0.39 is 10.8 Å². The first-order valence-electron chi connectivity index (χ1n) is 9.97. The van der Waals surface area contributed by atoms with Crippen LogP contribution in [-0.2, 0) is 22.3 Å². The lowest BCUT2D eigenvalue weighted by Gasteiger charge is -2.35. The number of amides is 1. The molecule has 162 valence electrons. The number of hydrogen-bond donors (Lipinski definition) is 0. The molecule has 2 heterocycles. The number of anilines is 1. The van der Waals surface area contributed by atoms with Crippen LogP contribution >= 0.6 is 11.6 Å². The number of rotatable bonds is 6. The summed E-state index contributed by atoms with van der Waals surface area (Å²) in [7, 11) is -1.21. The maximum Gasteiger partial charge on any atom is 0.289 e. The van der Waals surface area contributed by atoms with Gasteiger partial charge in [0.05, 0.1) is 17.2 Å². The highest BCUT2D eigenvalue weighted by atomic mass is 35.5. The van der Waals surface area contributed by atoms with Crippen LogP contribution in [0.25, 0.3) is 0 Å². The highest BCUT2D eigenvalue weighted by Gasteiger charge is 2.25. The Balaban J connectivity index is 1.33. The molecule has 1 atom stereocenters. The molecule has 1 aromatic heterocycles. The molecular weight excluding hydrogens is 439 g/mol. The molecule has 5 nitrogen and oxygen atoms in total. The Morgan fingerprint density at radius 2 is 1.68 bits per heavy atom. The first-order valence-corrected chi connectivity index (χ1v) is 11.8. The monoisotopic (exact) mass is 460 g/mol. The summed E-state index contributed by atoms with van der Waals surface area (Å²) in [5.74, 6) is 0.781. The van der Waals surface area contributed by atoms with Gasteiger partial charge in [0.25, 0.3) is 5.91 Å². The van der Waals surface area contributed by atoms with Gasteiger partial charge in [-0.1, -0.05) is 41.9 Å². The Morgan fingerprint density at radius 1 is 0.968 bits per heavy atom. The summed E-state index contributed by atoms with van der Waals surface area (Å²) in [6, 6.07) is 17.2. The van der Waals surface area contributed by atoms with Crippen molar-refractivity contribution in [2.75, 3.05) is 31.1 Å². The highest BCUT2D eigenvalue weighted by molar-refractivity contribution is 7.83. The molecule has 4 rings (SSSR count). The minimum atomic E-state index is -1.21. The normalized spacial score (nSPS) is 15.2. The highest BCUT2D eigenvalue weighted by Crippen LogP contribution is 2.22. The predicted molar refractivity (Wildman–Crippen MR) is 120 cm³/mol. The summed E-state index contributed by atoms with van der Waals surface area (Å²) < 4.78 is 32.1. The maximum atomic E-state index is 14.0. The van der Waals surface area contributed by atoms with Gasteiger partial charge in [-0.25, -0.2) is 4.39 Å². The van der Waals surface area contributed by atoms with E-state index in [1.165, 1.54) is 6.07 Å².